The number of amides is 1. The number of carbonyl (C=O) groups is 1. The van der Waals surface area contributed by atoms with Gasteiger partial charge in [0, 0.05) is 31.0 Å². The average molecular weight is 322 g/mol. The van der Waals surface area contributed by atoms with Crippen LogP contribution in [0.2, 0.25) is 0 Å². The summed E-state index contributed by atoms with van der Waals surface area (Å²) in [5, 5.41) is 2.86. The first-order valence-electron chi connectivity index (χ1n) is 7.78. The predicted molar refractivity (Wildman–Crippen MR) is 91.8 cm³/mol. The van der Waals surface area contributed by atoms with Gasteiger partial charge in [0.25, 0.3) is 11.5 Å². The van der Waals surface area contributed by atoms with Gasteiger partial charge in [0.05, 0.1) is 11.0 Å². The van der Waals surface area contributed by atoms with Gasteiger partial charge >= 0.3 is 0 Å². The van der Waals surface area contributed by atoms with Crippen molar-refractivity contribution in [2.75, 3.05) is 0 Å². The Morgan fingerprint density at radius 2 is 2.12 bits per heavy atom. The molecule has 3 rings (SSSR count). The molecule has 0 aliphatic carbocycles. The quantitative estimate of drug-likeness (QED) is 0.797. The number of hydrogen-bond acceptors (Lipinski definition) is 4. The Morgan fingerprint density at radius 3 is 2.83 bits per heavy atom. The summed E-state index contributed by atoms with van der Waals surface area (Å²) in [6.07, 6.45) is 3.40. The Bertz CT molecular complexity index is 948. The van der Waals surface area contributed by atoms with Crippen LogP contribution in [0.4, 0.5) is 0 Å². The zero-order valence-corrected chi connectivity index (χ0v) is 13.6. The molecule has 6 heteroatoms. The maximum atomic E-state index is 12.3. The Kier molecular flexibility index (Phi) is 4.37. The summed E-state index contributed by atoms with van der Waals surface area (Å²) in [6, 6.07) is 8.93. The maximum Gasteiger partial charge on any atom is 0.272 e. The number of nitrogens with one attached hydrogen (secondary N) is 1. The Hall–Kier alpha value is -3.02. The normalized spacial score (nSPS) is 10.8. The molecule has 2 aromatic heterocycles. The zero-order chi connectivity index (χ0) is 17.1. The van der Waals surface area contributed by atoms with Gasteiger partial charge < -0.3 is 9.88 Å². The van der Waals surface area contributed by atoms with Crippen LogP contribution < -0.4 is 10.9 Å². The molecule has 0 unspecified atom stereocenters. The van der Waals surface area contributed by atoms with E-state index in [1.54, 1.807) is 42.1 Å². The molecule has 2 heterocycles. The monoisotopic (exact) mass is 322 g/mol. The highest BCUT2D eigenvalue weighted by atomic mass is 16.1. The highest BCUT2D eigenvalue weighted by molar-refractivity contribution is 5.97. The van der Waals surface area contributed by atoms with Crippen molar-refractivity contribution in [1.29, 1.82) is 0 Å². The summed E-state index contributed by atoms with van der Waals surface area (Å²) >= 11 is 0. The van der Waals surface area contributed by atoms with Crippen molar-refractivity contribution in [2.24, 2.45) is 0 Å². The van der Waals surface area contributed by atoms with Crippen LogP contribution in [0.25, 0.3) is 11.0 Å². The van der Waals surface area contributed by atoms with Crippen LogP contribution in [0.3, 0.4) is 0 Å². The van der Waals surface area contributed by atoms with Gasteiger partial charge in [0.2, 0.25) is 0 Å². The van der Waals surface area contributed by atoms with Crippen molar-refractivity contribution in [3.8, 4) is 0 Å². The van der Waals surface area contributed by atoms with Crippen LogP contribution in [0.5, 0.6) is 0 Å². The minimum atomic E-state index is -0.186. The third-order valence-corrected chi connectivity index (χ3v) is 3.86. The van der Waals surface area contributed by atoms with Crippen molar-refractivity contribution in [3.05, 3.63) is 69.9 Å². The number of aromatic nitrogens is 3. The largest absolute Gasteiger partial charge is 0.348 e. The van der Waals surface area contributed by atoms with Gasteiger partial charge in [0.15, 0.2) is 0 Å². The fourth-order valence-corrected chi connectivity index (χ4v) is 2.62. The third-order valence-electron chi connectivity index (χ3n) is 3.86. The summed E-state index contributed by atoms with van der Waals surface area (Å²) in [5.74, 6) is -0.186. The molecule has 0 saturated heterocycles. The molecule has 0 aliphatic heterocycles. The van der Waals surface area contributed by atoms with Crippen molar-refractivity contribution >= 4 is 16.9 Å². The number of nitrogens with zero attached hydrogens (tertiary/aromatic N) is 3. The first kappa shape index (κ1) is 15.9. The molecule has 0 spiro atoms. The number of benzene rings is 1. The molecule has 0 bridgehead atoms. The van der Waals surface area contributed by atoms with Crippen LogP contribution >= 0.6 is 0 Å². The zero-order valence-electron chi connectivity index (χ0n) is 13.6. The second kappa shape index (κ2) is 6.62. The Morgan fingerprint density at radius 1 is 1.29 bits per heavy atom. The van der Waals surface area contributed by atoms with E-state index in [-0.39, 0.29) is 11.5 Å². The van der Waals surface area contributed by atoms with E-state index < -0.39 is 0 Å². The molecule has 24 heavy (non-hydrogen) atoms. The predicted octanol–water partition coefficient (Wildman–Crippen LogP) is 2.05. The number of aryl methyl sites for hydroxylation is 2. The third kappa shape index (κ3) is 3.03. The van der Waals surface area contributed by atoms with E-state index in [4.69, 9.17) is 0 Å². The van der Waals surface area contributed by atoms with E-state index in [0.29, 0.717) is 29.9 Å². The number of hydrogen-bond donors (Lipinski definition) is 1. The van der Waals surface area contributed by atoms with E-state index in [9.17, 15) is 9.59 Å². The summed E-state index contributed by atoms with van der Waals surface area (Å²) in [7, 11) is 0. The second-order valence-corrected chi connectivity index (χ2v) is 5.49. The summed E-state index contributed by atoms with van der Waals surface area (Å²) in [6.45, 7) is 4.56. The lowest BCUT2D eigenvalue weighted by Crippen LogP contribution is -2.25. The van der Waals surface area contributed by atoms with E-state index in [1.165, 1.54) is 0 Å². The van der Waals surface area contributed by atoms with Crippen LogP contribution in [0, 0.1) is 6.92 Å². The van der Waals surface area contributed by atoms with Crippen molar-refractivity contribution < 1.29 is 4.79 Å². The topological polar surface area (TPSA) is 76.9 Å². The SMILES string of the molecule is CCn1c(=O)c(C)nc2cc(C(=O)NCc3cccnc3)ccc21. The molecule has 1 N–H and O–H groups in total. The van der Waals surface area contributed by atoms with Crippen molar-refractivity contribution in [1.82, 2.24) is 19.9 Å². The minimum Gasteiger partial charge on any atom is -0.348 e. The molecule has 0 fully saturated rings. The maximum absolute atomic E-state index is 12.3. The molecule has 0 saturated carbocycles. The van der Waals surface area contributed by atoms with E-state index >= 15 is 0 Å². The van der Waals surface area contributed by atoms with E-state index in [0.717, 1.165) is 11.1 Å². The molecule has 0 aliphatic rings. The number of fused-ring (bicyclic) bond motifs is 1. The second-order valence-electron chi connectivity index (χ2n) is 5.49. The van der Waals surface area contributed by atoms with Gasteiger partial charge in [-0.1, -0.05) is 6.07 Å². The van der Waals surface area contributed by atoms with E-state index in [1.807, 2.05) is 19.1 Å². The standard InChI is InChI=1S/C18H18N4O2/c1-3-22-16-7-6-14(9-15(16)21-12(2)18(22)24)17(23)20-11-13-5-4-8-19-10-13/h4-10H,3,11H2,1-2H3,(H,20,23). The van der Waals surface area contributed by atoms with Gasteiger partial charge in [-0.3, -0.25) is 14.6 Å². The lowest BCUT2D eigenvalue weighted by molar-refractivity contribution is 0.0951. The number of rotatable bonds is 4. The lowest BCUT2D eigenvalue weighted by atomic mass is 10.1. The van der Waals surface area contributed by atoms with E-state index in [2.05, 4.69) is 15.3 Å². The Labute approximate surface area is 139 Å². The van der Waals surface area contributed by atoms with Crippen LogP contribution in [-0.4, -0.2) is 20.4 Å². The summed E-state index contributed by atoms with van der Waals surface area (Å²) in [5.41, 5.74) is 3.15. The smallest absolute Gasteiger partial charge is 0.272 e. The molecular formula is C18H18N4O2. The van der Waals surface area contributed by atoms with Crippen molar-refractivity contribution in [2.45, 2.75) is 26.9 Å². The van der Waals surface area contributed by atoms with Gasteiger partial charge in [0.1, 0.15) is 5.69 Å². The average Bonchev–Trinajstić information content (AvgIpc) is 2.61. The molecule has 6 nitrogen and oxygen atoms in total. The highest BCUT2D eigenvalue weighted by Crippen LogP contribution is 2.13. The van der Waals surface area contributed by atoms with Crippen molar-refractivity contribution in [3.63, 3.8) is 0 Å². The molecule has 122 valence electrons. The van der Waals surface area contributed by atoms with Gasteiger partial charge in [-0.2, -0.15) is 0 Å². The molecule has 0 radical (unpaired) electrons. The van der Waals surface area contributed by atoms with Gasteiger partial charge in [-0.15, -0.1) is 0 Å². The first-order valence-corrected chi connectivity index (χ1v) is 7.78. The van der Waals surface area contributed by atoms with Gasteiger partial charge in [-0.25, -0.2) is 4.98 Å². The lowest BCUT2D eigenvalue weighted by Gasteiger charge is -2.10. The van der Waals surface area contributed by atoms with Crippen LogP contribution in [0.15, 0.2) is 47.5 Å². The molecule has 1 aromatic carbocycles. The van der Waals surface area contributed by atoms with Crippen LogP contribution in [-0.2, 0) is 13.1 Å². The molecule has 1 amide bonds. The molecule has 3 aromatic rings. The van der Waals surface area contributed by atoms with Gasteiger partial charge in [-0.05, 0) is 43.7 Å². The number of carbonyl (C=O) groups excluding carboxylic acids is 1. The summed E-state index contributed by atoms with van der Waals surface area (Å²) in [4.78, 5) is 32.8. The summed E-state index contributed by atoms with van der Waals surface area (Å²) < 4.78 is 1.66. The highest BCUT2D eigenvalue weighted by Gasteiger charge is 2.11. The molecular weight excluding hydrogens is 304 g/mol. The fourth-order valence-electron chi connectivity index (χ4n) is 2.62. The minimum absolute atomic E-state index is 0.0984. The Balaban J connectivity index is 1.89. The molecule has 0 atom stereocenters. The van der Waals surface area contributed by atoms with Crippen LogP contribution in [0.1, 0.15) is 28.5 Å². The fraction of sp³-hybridized carbons (Fsp3) is 0.222. The first-order chi connectivity index (χ1) is 11.6. The number of pyridine rings is 1.